The highest BCUT2D eigenvalue weighted by Gasteiger charge is 2.69. The molecule has 5 fully saturated rings. The van der Waals surface area contributed by atoms with Gasteiger partial charge in [0.05, 0.1) is 18.8 Å². The monoisotopic (exact) mass is 513 g/mol. The Balaban J connectivity index is 1.20. The Kier molecular flexibility index (Phi) is 6.40. The first-order valence-corrected chi connectivity index (χ1v) is 13.4. The van der Waals surface area contributed by atoms with E-state index in [4.69, 9.17) is 33.2 Å². The van der Waals surface area contributed by atoms with Gasteiger partial charge in [0.2, 0.25) is 5.79 Å². The standard InChI is InChI=1S/C28H35NO8/c1-5-31-24(30)19-9-7-18(8-10-19)23-20(15-33-29-23)14-32-25-17(3)22-11-6-16(2)21-12-13-27(4)35-26(34-25)28(21,22)37-36-27/h7-10,15-17,21-22,25-26H,5-6,11-14H2,1-4H3/t16-,17-,21+,22+,25+,26-,27-,28-/m1/s1. The van der Waals surface area contributed by atoms with E-state index in [1.807, 2.05) is 19.1 Å². The van der Waals surface area contributed by atoms with Crippen molar-refractivity contribution >= 4 is 5.97 Å². The molecule has 2 bridgehead atoms. The molecule has 0 unspecified atom stereocenters. The predicted molar refractivity (Wildman–Crippen MR) is 130 cm³/mol. The second-order valence-corrected chi connectivity index (χ2v) is 11.1. The fraction of sp³-hybridized carbons (Fsp3) is 0.643. The van der Waals surface area contributed by atoms with E-state index in [0.29, 0.717) is 29.7 Å². The fourth-order valence-electron chi connectivity index (χ4n) is 6.81. The zero-order valence-corrected chi connectivity index (χ0v) is 21.8. The predicted octanol–water partition coefficient (Wildman–Crippen LogP) is 5.24. The number of aromatic nitrogens is 1. The molecule has 0 radical (unpaired) electrons. The molecule has 8 atom stereocenters. The van der Waals surface area contributed by atoms with Gasteiger partial charge >= 0.3 is 5.97 Å². The van der Waals surface area contributed by atoms with Crippen molar-refractivity contribution in [1.82, 2.24) is 5.16 Å². The van der Waals surface area contributed by atoms with Gasteiger partial charge in [-0.3, -0.25) is 0 Å². The van der Waals surface area contributed by atoms with E-state index in [0.717, 1.165) is 36.8 Å². The Morgan fingerprint density at radius 2 is 1.92 bits per heavy atom. The largest absolute Gasteiger partial charge is 0.462 e. The summed E-state index contributed by atoms with van der Waals surface area (Å²) in [6.07, 6.45) is 4.47. The van der Waals surface area contributed by atoms with Crippen LogP contribution in [0, 0.1) is 23.7 Å². The zero-order chi connectivity index (χ0) is 25.8. The Hall–Kier alpha value is -2.30. The molecule has 5 heterocycles. The lowest BCUT2D eigenvalue weighted by atomic mass is 9.58. The van der Waals surface area contributed by atoms with Gasteiger partial charge in [-0.05, 0) is 57.1 Å². The molecule has 9 heteroatoms. The smallest absolute Gasteiger partial charge is 0.338 e. The Bertz CT molecular complexity index is 1130. The van der Waals surface area contributed by atoms with Crippen molar-refractivity contribution in [3.8, 4) is 11.3 Å². The highest BCUT2D eigenvalue weighted by Crippen LogP contribution is 2.60. The van der Waals surface area contributed by atoms with Gasteiger partial charge in [-0.1, -0.05) is 31.1 Å². The van der Waals surface area contributed by atoms with Crippen LogP contribution in [0.3, 0.4) is 0 Å². The van der Waals surface area contributed by atoms with E-state index >= 15 is 0 Å². The van der Waals surface area contributed by atoms with Gasteiger partial charge in [-0.15, -0.1) is 0 Å². The van der Waals surface area contributed by atoms with Crippen LogP contribution in [0.4, 0.5) is 0 Å². The molecule has 1 spiro atoms. The molecule has 9 nitrogen and oxygen atoms in total. The molecule has 1 saturated carbocycles. The summed E-state index contributed by atoms with van der Waals surface area (Å²) in [7, 11) is 0. The van der Waals surface area contributed by atoms with Crippen LogP contribution in [0.25, 0.3) is 11.3 Å². The number of fused-ring (bicyclic) bond motifs is 2. The van der Waals surface area contributed by atoms with Crippen molar-refractivity contribution in [2.24, 2.45) is 23.7 Å². The number of rotatable bonds is 6. The van der Waals surface area contributed by atoms with Gasteiger partial charge in [0.25, 0.3) is 0 Å². The van der Waals surface area contributed by atoms with Crippen molar-refractivity contribution < 1.29 is 38.0 Å². The third kappa shape index (κ3) is 4.12. The van der Waals surface area contributed by atoms with E-state index in [1.54, 1.807) is 25.3 Å². The molecular formula is C28H35NO8. The molecule has 2 aromatic rings. The van der Waals surface area contributed by atoms with Crippen molar-refractivity contribution in [3.05, 3.63) is 41.7 Å². The molecule has 1 aromatic heterocycles. The minimum absolute atomic E-state index is 0.0769. The number of carbonyl (C=O) groups excluding carboxylic acids is 1. The molecule has 0 amide bonds. The van der Waals surface area contributed by atoms with E-state index in [1.165, 1.54) is 0 Å². The number of hydrogen-bond donors (Lipinski definition) is 0. The van der Waals surface area contributed by atoms with Crippen LogP contribution < -0.4 is 0 Å². The maximum atomic E-state index is 12.0. The molecule has 1 aromatic carbocycles. The molecule has 1 aliphatic carbocycles. The van der Waals surface area contributed by atoms with Crippen molar-refractivity contribution in [2.75, 3.05) is 6.61 Å². The molecule has 5 aliphatic rings. The summed E-state index contributed by atoms with van der Waals surface area (Å²) in [6, 6.07) is 7.10. The van der Waals surface area contributed by atoms with Crippen LogP contribution in [0.1, 0.15) is 69.3 Å². The second kappa shape index (κ2) is 9.47. The quantitative estimate of drug-likeness (QED) is 0.379. The second-order valence-electron chi connectivity index (χ2n) is 11.1. The zero-order valence-electron chi connectivity index (χ0n) is 21.8. The van der Waals surface area contributed by atoms with Crippen molar-refractivity contribution in [2.45, 2.75) is 84.0 Å². The lowest BCUT2D eigenvalue weighted by Gasteiger charge is -2.60. The minimum Gasteiger partial charge on any atom is -0.462 e. The SMILES string of the molecule is CCOC(=O)c1ccc(-c2nocc2CO[C@H]2O[C@@H]3O[C@@]4(C)CC[C@H]5[C@H](C)CC[C@@H]([C@H]2C)[C@@]35OO4)cc1. The van der Waals surface area contributed by atoms with Crippen LogP contribution >= 0.6 is 0 Å². The van der Waals surface area contributed by atoms with Crippen molar-refractivity contribution in [3.63, 3.8) is 0 Å². The maximum absolute atomic E-state index is 12.0. The van der Waals surface area contributed by atoms with E-state index in [2.05, 4.69) is 19.0 Å². The number of ether oxygens (including phenoxy) is 4. The number of nitrogens with zero attached hydrogens (tertiary/aromatic N) is 1. The number of esters is 1. The van der Waals surface area contributed by atoms with Crippen LogP contribution in [-0.4, -0.2) is 41.7 Å². The summed E-state index contributed by atoms with van der Waals surface area (Å²) in [5, 5.41) is 4.18. The average Bonchev–Trinajstić information content (AvgIpc) is 3.25. The number of benzene rings is 1. The summed E-state index contributed by atoms with van der Waals surface area (Å²) in [4.78, 5) is 24.1. The summed E-state index contributed by atoms with van der Waals surface area (Å²) in [5.41, 5.74) is 2.16. The molecule has 4 saturated heterocycles. The molecule has 37 heavy (non-hydrogen) atoms. The highest BCUT2D eigenvalue weighted by atomic mass is 17.3. The van der Waals surface area contributed by atoms with Crippen molar-refractivity contribution in [1.29, 1.82) is 0 Å². The summed E-state index contributed by atoms with van der Waals surface area (Å²) < 4.78 is 29.7. The molecule has 0 N–H and O–H groups in total. The minimum atomic E-state index is -0.819. The van der Waals surface area contributed by atoms with Crippen LogP contribution in [0.15, 0.2) is 35.1 Å². The van der Waals surface area contributed by atoms with Crippen LogP contribution in [-0.2, 0) is 35.3 Å². The first-order valence-electron chi connectivity index (χ1n) is 13.4. The van der Waals surface area contributed by atoms with Gasteiger partial charge in [-0.25, -0.2) is 14.6 Å². The van der Waals surface area contributed by atoms with E-state index < -0.39 is 24.0 Å². The van der Waals surface area contributed by atoms with Gasteiger partial charge in [0.15, 0.2) is 18.2 Å². The molecule has 4 aliphatic heterocycles. The third-order valence-electron chi connectivity index (χ3n) is 8.81. The lowest BCUT2D eigenvalue weighted by molar-refractivity contribution is -0.577. The first kappa shape index (κ1) is 25.0. The van der Waals surface area contributed by atoms with Gasteiger partial charge in [-0.2, -0.15) is 0 Å². The van der Waals surface area contributed by atoms with Gasteiger partial charge in [0, 0.05) is 29.4 Å². The van der Waals surface area contributed by atoms with Gasteiger partial charge < -0.3 is 23.5 Å². The normalized spacial score (nSPS) is 38.6. The molecular weight excluding hydrogens is 478 g/mol. The van der Waals surface area contributed by atoms with E-state index in [-0.39, 0.29) is 24.4 Å². The number of hydrogen-bond acceptors (Lipinski definition) is 9. The third-order valence-corrected chi connectivity index (χ3v) is 8.81. The molecule has 7 rings (SSSR count). The lowest BCUT2D eigenvalue weighted by Crippen LogP contribution is -2.70. The molecule has 200 valence electrons. The average molecular weight is 514 g/mol. The van der Waals surface area contributed by atoms with Crippen LogP contribution in [0.5, 0.6) is 0 Å². The Labute approximate surface area is 216 Å². The van der Waals surface area contributed by atoms with Gasteiger partial charge in [0.1, 0.15) is 12.0 Å². The van der Waals surface area contributed by atoms with E-state index in [9.17, 15) is 4.79 Å². The maximum Gasteiger partial charge on any atom is 0.338 e. The number of carbonyl (C=O) groups is 1. The summed E-state index contributed by atoms with van der Waals surface area (Å²) in [5.74, 6) is -0.0813. The van der Waals surface area contributed by atoms with Crippen LogP contribution in [0.2, 0.25) is 0 Å². The fourth-order valence-corrected chi connectivity index (χ4v) is 6.81. The first-order chi connectivity index (χ1) is 17.8. The Morgan fingerprint density at radius 1 is 1.11 bits per heavy atom. The highest BCUT2D eigenvalue weighted by molar-refractivity contribution is 5.90. The Morgan fingerprint density at radius 3 is 2.70 bits per heavy atom. The summed E-state index contributed by atoms with van der Waals surface area (Å²) in [6.45, 7) is 8.76. The summed E-state index contributed by atoms with van der Waals surface area (Å²) >= 11 is 0. The topological polar surface area (TPSA) is 98.5 Å².